The van der Waals surface area contributed by atoms with Crippen LogP contribution in [-0.2, 0) is 9.59 Å². The van der Waals surface area contributed by atoms with Crippen molar-refractivity contribution in [1.29, 1.82) is 0 Å². The first kappa shape index (κ1) is 13.0. The van der Waals surface area contributed by atoms with Gasteiger partial charge in [0.1, 0.15) is 5.75 Å². The van der Waals surface area contributed by atoms with Gasteiger partial charge in [-0.25, -0.2) is 0 Å². The highest BCUT2D eigenvalue weighted by Crippen LogP contribution is 2.26. The van der Waals surface area contributed by atoms with E-state index < -0.39 is 24.3 Å². The third-order valence-electron chi connectivity index (χ3n) is 2.53. The minimum Gasteiger partial charge on any atom is -0.497 e. The molecule has 0 aliphatic heterocycles. The molecule has 1 unspecified atom stereocenters. The van der Waals surface area contributed by atoms with Crippen LogP contribution in [0.3, 0.4) is 0 Å². The molecule has 0 spiro atoms. The van der Waals surface area contributed by atoms with Crippen LogP contribution < -0.4 is 4.74 Å². The van der Waals surface area contributed by atoms with Gasteiger partial charge in [-0.1, -0.05) is 6.07 Å². The standard InChI is InChI=1S/C12H14O5/c1-7-5-8(17-2)3-4-9(7)10(12(15)16)6-11(13)14/h3-5,10H,6H2,1-2H3,(H,13,14)(H,15,16). The van der Waals surface area contributed by atoms with Crippen molar-refractivity contribution in [2.45, 2.75) is 19.3 Å². The normalized spacial score (nSPS) is 11.9. The average Bonchev–Trinajstić information content (AvgIpc) is 2.25. The highest BCUT2D eigenvalue weighted by molar-refractivity contribution is 5.82. The van der Waals surface area contributed by atoms with Gasteiger partial charge in [0, 0.05) is 0 Å². The van der Waals surface area contributed by atoms with Crippen LogP contribution in [0.2, 0.25) is 0 Å². The van der Waals surface area contributed by atoms with Crippen molar-refractivity contribution in [2.24, 2.45) is 0 Å². The predicted molar refractivity (Wildman–Crippen MR) is 60.4 cm³/mol. The van der Waals surface area contributed by atoms with Crippen LogP contribution in [0.5, 0.6) is 5.75 Å². The molecular formula is C12H14O5. The maximum absolute atomic E-state index is 11.0. The summed E-state index contributed by atoms with van der Waals surface area (Å²) in [5.41, 5.74) is 1.21. The van der Waals surface area contributed by atoms with Crippen LogP contribution in [-0.4, -0.2) is 29.3 Å². The molecule has 0 radical (unpaired) electrons. The fourth-order valence-electron chi connectivity index (χ4n) is 1.67. The number of hydrogen-bond donors (Lipinski definition) is 2. The summed E-state index contributed by atoms with van der Waals surface area (Å²) in [6.07, 6.45) is -0.428. The van der Waals surface area contributed by atoms with Gasteiger partial charge in [-0.05, 0) is 30.2 Å². The summed E-state index contributed by atoms with van der Waals surface area (Å²) < 4.78 is 5.01. The van der Waals surface area contributed by atoms with Gasteiger partial charge in [-0.2, -0.15) is 0 Å². The summed E-state index contributed by atoms with van der Waals surface area (Å²) in [6.45, 7) is 1.73. The van der Waals surface area contributed by atoms with Crippen LogP contribution in [0.4, 0.5) is 0 Å². The number of aliphatic carboxylic acids is 2. The Kier molecular flexibility index (Phi) is 4.09. The molecule has 5 heteroatoms. The Morgan fingerprint density at radius 1 is 1.35 bits per heavy atom. The minimum atomic E-state index is -1.14. The van der Waals surface area contributed by atoms with Gasteiger partial charge in [-0.3, -0.25) is 9.59 Å². The summed E-state index contributed by atoms with van der Waals surface area (Å²) in [4.78, 5) is 21.7. The van der Waals surface area contributed by atoms with E-state index >= 15 is 0 Å². The monoisotopic (exact) mass is 238 g/mol. The lowest BCUT2D eigenvalue weighted by molar-refractivity contribution is -0.145. The number of benzene rings is 1. The van der Waals surface area contributed by atoms with E-state index in [1.165, 1.54) is 7.11 Å². The van der Waals surface area contributed by atoms with Gasteiger partial charge < -0.3 is 14.9 Å². The van der Waals surface area contributed by atoms with Gasteiger partial charge in [-0.15, -0.1) is 0 Å². The molecule has 0 aromatic heterocycles. The van der Waals surface area contributed by atoms with E-state index in [0.717, 1.165) is 0 Å². The predicted octanol–water partition coefficient (Wildman–Crippen LogP) is 1.65. The molecule has 1 rings (SSSR count). The van der Waals surface area contributed by atoms with Crippen molar-refractivity contribution >= 4 is 11.9 Å². The molecule has 92 valence electrons. The van der Waals surface area contributed by atoms with E-state index in [4.69, 9.17) is 14.9 Å². The number of methoxy groups -OCH3 is 1. The summed E-state index contributed by atoms with van der Waals surface area (Å²) in [7, 11) is 1.51. The van der Waals surface area contributed by atoms with Crippen LogP contribution in [0.15, 0.2) is 18.2 Å². The first-order valence-corrected chi connectivity index (χ1v) is 5.05. The fraction of sp³-hybridized carbons (Fsp3) is 0.333. The number of ether oxygens (including phenoxy) is 1. The largest absolute Gasteiger partial charge is 0.497 e. The van der Waals surface area contributed by atoms with E-state index in [1.807, 2.05) is 0 Å². The average molecular weight is 238 g/mol. The molecule has 0 amide bonds. The third kappa shape index (κ3) is 3.21. The van der Waals surface area contributed by atoms with Crippen molar-refractivity contribution < 1.29 is 24.5 Å². The Labute approximate surface area is 98.6 Å². The quantitative estimate of drug-likeness (QED) is 0.814. The zero-order chi connectivity index (χ0) is 13.0. The molecule has 0 fully saturated rings. The summed E-state index contributed by atoms with van der Waals surface area (Å²) in [5.74, 6) is -2.68. The summed E-state index contributed by atoms with van der Waals surface area (Å²) >= 11 is 0. The molecule has 0 heterocycles. The Bertz CT molecular complexity index is 439. The molecule has 0 bridgehead atoms. The molecule has 17 heavy (non-hydrogen) atoms. The van der Waals surface area contributed by atoms with E-state index in [9.17, 15) is 9.59 Å². The Balaban J connectivity index is 3.10. The third-order valence-corrected chi connectivity index (χ3v) is 2.53. The van der Waals surface area contributed by atoms with Crippen molar-refractivity contribution in [1.82, 2.24) is 0 Å². The molecule has 0 aliphatic carbocycles. The van der Waals surface area contributed by atoms with Gasteiger partial charge in [0.25, 0.3) is 0 Å². The van der Waals surface area contributed by atoms with E-state index in [1.54, 1.807) is 25.1 Å². The van der Waals surface area contributed by atoms with Gasteiger partial charge in [0.05, 0.1) is 19.4 Å². The first-order valence-electron chi connectivity index (χ1n) is 5.05. The van der Waals surface area contributed by atoms with Crippen molar-refractivity contribution in [2.75, 3.05) is 7.11 Å². The topological polar surface area (TPSA) is 83.8 Å². The van der Waals surface area contributed by atoms with Crippen molar-refractivity contribution in [3.63, 3.8) is 0 Å². The van der Waals surface area contributed by atoms with Crippen molar-refractivity contribution in [3.8, 4) is 5.75 Å². The van der Waals surface area contributed by atoms with Gasteiger partial charge in [0.15, 0.2) is 0 Å². The number of carbonyl (C=O) groups is 2. The smallest absolute Gasteiger partial charge is 0.311 e. The highest BCUT2D eigenvalue weighted by Gasteiger charge is 2.24. The van der Waals surface area contributed by atoms with Gasteiger partial charge >= 0.3 is 11.9 Å². The maximum Gasteiger partial charge on any atom is 0.311 e. The lowest BCUT2D eigenvalue weighted by Crippen LogP contribution is -2.16. The SMILES string of the molecule is COc1ccc(C(CC(=O)O)C(=O)O)c(C)c1. The molecular weight excluding hydrogens is 224 g/mol. The second-order valence-corrected chi connectivity index (χ2v) is 3.71. The lowest BCUT2D eigenvalue weighted by Gasteiger charge is -2.14. The molecule has 2 N–H and O–H groups in total. The summed E-state index contributed by atoms with van der Waals surface area (Å²) in [5, 5.41) is 17.7. The van der Waals surface area contributed by atoms with Crippen LogP contribution in [0.1, 0.15) is 23.5 Å². The molecule has 1 aromatic carbocycles. The molecule has 5 nitrogen and oxygen atoms in total. The molecule has 0 aliphatic rings. The number of carboxylic acid groups (broad SMARTS) is 2. The maximum atomic E-state index is 11.0. The Morgan fingerprint density at radius 3 is 2.41 bits per heavy atom. The van der Waals surface area contributed by atoms with Gasteiger partial charge in [0.2, 0.25) is 0 Å². The summed E-state index contributed by atoms with van der Waals surface area (Å²) in [6, 6.07) is 4.91. The van der Waals surface area contributed by atoms with Crippen LogP contribution >= 0.6 is 0 Å². The molecule has 1 atom stereocenters. The number of hydrogen-bond acceptors (Lipinski definition) is 3. The Hall–Kier alpha value is -2.04. The minimum absolute atomic E-state index is 0.428. The lowest BCUT2D eigenvalue weighted by atomic mass is 9.92. The second-order valence-electron chi connectivity index (χ2n) is 3.71. The number of aryl methyl sites for hydroxylation is 1. The van der Waals surface area contributed by atoms with E-state index in [0.29, 0.717) is 16.9 Å². The first-order chi connectivity index (χ1) is 7.95. The number of carboxylic acids is 2. The molecule has 0 saturated carbocycles. The molecule has 1 aromatic rings. The number of rotatable bonds is 5. The highest BCUT2D eigenvalue weighted by atomic mass is 16.5. The molecule has 0 saturated heterocycles. The van der Waals surface area contributed by atoms with Crippen LogP contribution in [0.25, 0.3) is 0 Å². The Morgan fingerprint density at radius 2 is 2.00 bits per heavy atom. The van der Waals surface area contributed by atoms with E-state index in [-0.39, 0.29) is 0 Å². The zero-order valence-corrected chi connectivity index (χ0v) is 9.64. The second kappa shape index (κ2) is 5.34. The van der Waals surface area contributed by atoms with Crippen molar-refractivity contribution in [3.05, 3.63) is 29.3 Å². The van der Waals surface area contributed by atoms with E-state index in [2.05, 4.69) is 0 Å². The van der Waals surface area contributed by atoms with Crippen LogP contribution in [0, 0.1) is 6.92 Å². The zero-order valence-electron chi connectivity index (χ0n) is 9.64. The fourth-order valence-corrected chi connectivity index (χ4v) is 1.67.